The zero-order chi connectivity index (χ0) is 24.0. The summed E-state index contributed by atoms with van der Waals surface area (Å²) in [5.41, 5.74) is 3.54. The number of urea groups is 1. The van der Waals surface area contributed by atoms with Crippen LogP contribution in [-0.2, 0) is 29.4 Å². The molecule has 1 aliphatic rings. The van der Waals surface area contributed by atoms with Crippen molar-refractivity contribution in [3.05, 3.63) is 59.9 Å². The number of para-hydroxylation sites is 2. The smallest absolute Gasteiger partial charge is 0.319 e. The standard InChI is InChI=1S/C27H34N4O3/c1-3-34-25(32)19-27(17-7-4-8-18-27)30-26(33)28-21-14-11-20(12-15-21)13-16-24-29-22-9-5-6-10-23(22)31(24)2/h5-6,9-12,14-15H,3-4,7-8,13,16-19H2,1-2H3,(H2,28,30,33). The van der Waals surface area contributed by atoms with Gasteiger partial charge < -0.3 is 19.9 Å². The molecule has 4 rings (SSSR count). The lowest BCUT2D eigenvalue weighted by molar-refractivity contribution is -0.145. The number of hydrogen-bond donors (Lipinski definition) is 2. The lowest BCUT2D eigenvalue weighted by Gasteiger charge is -2.37. The Morgan fingerprint density at radius 2 is 1.76 bits per heavy atom. The number of rotatable bonds is 8. The van der Waals surface area contributed by atoms with Crippen molar-refractivity contribution in [3.8, 4) is 0 Å². The number of ether oxygens (including phenoxy) is 1. The zero-order valence-corrected chi connectivity index (χ0v) is 20.1. The summed E-state index contributed by atoms with van der Waals surface area (Å²) in [6.45, 7) is 2.15. The van der Waals surface area contributed by atoms with E-state index in [4.69, 9.17) is 9.72 Å². The van der Waals surface area contributed by atoms with Crippen LogP contribution in [-0.4, -0.2) is 33.7 Å². The normalized spacial score (nSPS) is 15.1. The van der Waals surface area contributed by atoms with E-state index in [2.05, 4.69) is 28.3 Å². The number of imidazole rings is 1. The Kier molecular flexibility index (Phi) is 7.50. The molecule has 180 valence electrons. The average Bonchev–Trinajstić information content (AvgIpc) is 3.15. The summed E-state index contributed by atoms with van der Waals surface area (Å²) in [5.74, 6) is 0.803. The summed E-state index contributed by atoms with van der Waals surface area (Å²) in [5, 5.41) is 6.02. The fourth-order valence-electron chi connectivity index (χ4n) is 4.90. The summed E-state index contributed by atoms with van der Waals surface area (Å²) in [7, 11) is 2.05. The van der Waals surface area contributed by atoms with Gasteiger partial charge in [0.05, 0.1) is 29.6 Å². The van der Waals surface area contributed by atoms with Crippen molar-refractivity contribution in [1.29, 1.82) is 0 Å². The van der Waals surface area contributed by atoms with E-state index in [1.165, 1.54) is 5.56 Å². The zero-order valence-electron chi connectivity index (χ0n) is 20.1. The molecular formula is C27H34N4O3. The highest BCUT2D eigenvalue weighted by Gasteiger charge is 2.36. The molecule has 0 spiro atoms. The van der Waals surface area contributed by atoms with Gasteiger partial charge in [0.25, 0.3) is 0 Å². The van der Waals surface area contributed by atoms with Gasteiger partial charge in [-0.25, -0.2) is 9.78 Å². The molecule has 2 N–H and O–H groups in total. The number of esters is 1. The monoisotopic (exact) mass is 462 g/mol. The number of hydrogen-bond acceptors (Lipinski definition) is 4. The van der Waals surface area contributed by atoms with Gasteiger partial charge in [0.2, 0.25) is 0 Å². The van der Waals surface area contributed by atoms with Crippen LogP contribution < -0.4 is 10.6 Å². The minimum absolute atomic E-state index is 0.218. The Hall–Kier alpha value is -3.35. The lowest BCUT2D eigenvalue weighted by Crippen LogP contribution is -2.52. The fourth-order valence-corrected chi connectivity index (χ4v) is 4.90. The predicted octanol–water partition coefficient (Wildman–Crippen LogP) is 5.14. The van der Waals surface area contributed by atoms with Gasteiger partial charge >= 0.3 is 12.0 Å². The molecule has 1 heterocycles. The maximum atomic E-state index is 12.8. The van der Waals surface area contributed by atoms with Crippen molar-refractivity contribution in [1.82, 2.24) is 14.9 Å². The van der Waals surface area contributed by atoms with E-state index in [1.54, 1.807) is 6.92 Å². The Balaban J connectivity index is 1.33. The summed E-state index contributed by atoms with van der Waals surface area (Å²) >= 11 is 0. The summed E-state index contributed by atoms with van der Waals surface area (Å²) in [6.07, 6.45) is 6.64. The van der Waals surface area contributed by atoms with Crippen molar-refractivity contribution in [2.45, 2.75) is 63.8 Å². The van der Waals surface area contributed by atoms with E-state index >= 15 is 0 Å². The van der Waals surface area contributed by atoms with Crippen LogP contribution in [0.4, 0.5) is 10.5 Å². The van der Waals surface area contributed by atoms with E-state index in [1.807, 2.05) is 42.5 Å². The first-order valence-corrected chi connectivity index (χ1v) is 12.2. The Morgan fingerprint density at radius 3 is 2.47 bits per heavy atom. The number of aryl methyl sites for hydroxylation is 3. The predicted molar refractivity (Wildman–Crippen MR) is 134 cm³/mol. The highest BCUT2D eigenvalue weighted by Crippen LogP contribution is 2.31. The summed E-state index contributed by atoms with van der Waals surface area (Å²) in [6, 6.07) is 15.8. The Morgan fingerprint density at radius 1 is 1.03 bits per heavy atom. The SMILES string of the molecule is CCOC(=O)CC1(NC(=O)Nc2ccc(CCc3nc4ccccc4n3C)cc2)CCCCC1. The van der Waals surface area contributed by atoms with Gasteiger partial charge in [-0.15, -0.1) is 0 Å². The maximum absolute atomic E-state index is 12.8. The molecule has 0 bridgehead atoms. The van der Waals surface area contributed by atoms with Crippen LogP contribution >= 0.6 is 0 Å². The van der Waals surface area contributed by atoms with E-state index in [0.29, 0.717) is 6.61 Å². The molecule has 0 aliphatic heterocycles. The van der Waals surface area contributed by atoms with Gasteiger partial charge in [0, 0.05) is 19.2 Å². The van der Waals surface area contributed by atoms with Crippen LogP contribution in [0, 0.1) is 0 Å². The molecule has 2 aromatic carbocycles. The van der Waals surface area contributed by atoms with Crippen LogP contribution in [0.1, 0.15) is 56.8 Å². The molecule has 1 saturated carbocycles. The van der Waals surface area contributed by atoms with E-state index in [0.717, 1.165) is 67.5 Å². The van der Waals surface area contributed by atoms with Crippen molar-refractivity contribution in [2.24, 2.45) is 7.05 Å². The first kappa shape index (κ1) is 23.8. The third kappa shape index (κ3) is 5.76. The molecule has 3 aromatic rings. The molecule has 34 heavy (non-hydrogen) atoms. The maximum Gasteiger partial charge on any atom is 0.319 e. The van der Waals surface area contributed by atoms with Crippen molar-refractivity contribution in [3.63, 3.8) is 0 Å². The number of carbonyl (C=O) groups is 2. The highest BCUT2D eigenvalue weighted by molar-refractivity contribution is 5.90. The second-order valence-electron chi connectivity index (χ2n) is 9.17. The fraction of sp³-hybridized carbons (Fsp3) is 0.444. The highest BCUT2D eigenvalue weighted by atomic mass is 16.5. The van der Waals surface area contributed by atoms with Gasteiger partial charge in [0.1, 0.15) is 5.82 Å². The van der Waals surface area contributed by atoms with E-state index in [-0.39, 0.29) is 18.4 Å². The van der Waals surface area contributed by atoms with Crippen molar-refractivity contribution in [2.75, 3.05) is 11.9 Å². The van der Waals surface area contributed by atoms with Crippen LogP contribution in [0.3, 0.4) is 0 Å². The molecule has 2 amide bonds. The summed E-state index contributed by atoms with van der Waals surface area (Å²) < 4.78 is 7.29. The second-order valence-corrected chi connectivity index (χ2v) is 9.17. The number of fused-ring (bicyclic) bond motifs is 1. The summed E-state index contributed by atoms with van der Waals surface area (Å²) in [4.78, 5) is 29.6. The number of nitrogens with one attached hydrogen (secondary N) is 2. The molecule has 0 radical (unpaired) electrons. The minimum atomic E-state index is -0.528. The largest absolute Gasteiger partial charge is 0.466 e. The molecule has 7 heteroatoms. The quantitative estimate of drug-likeness (QED) is 0.454. The Bertz CT molecular complexity index is 1130. The first-order chi connectivity index (χ1) is 16.5. The molecular weight excluding hydrogens is 428 g/mol. The van der Waals surface area contributed by atoms with Gasteiger partial charge in [-0.2, -0.15) is 0 Å². The van der Waals surface area contributed by atoms with Crippen LogP contribution in [0.25, 0.3) is 11.0 Å². The first-order valence-electron chi connectivity index (χ1n) is 12.2. The second kappa shape index (κ2) is 10.7. The molecule has 7 nitrogen and oxygen atoms in total. The van der Waals surface area contributed by atoms with Crippen LogP contribution in [0.15, 0.2) is 48.5 Å². The number of aromatic nitrogens is 2. The van der Waals surface area contributed by atoms with Gasteiger partial charge in [-0.05, 0) is 56.0 Å². The molecule has 1 fully saturated rings. The lowest BCUT2D eigenvalue weighted by atomic mass is 9.79. The number of carbonyl (C=O) groups excluding carboxylic acids is 2. The van der Waals surface area contributed by atoms with E-state index in [9.17, 15) is 9.59 Å². The van der Waals surface area contributed by atoms with Crippen LogP contribution in [0.5, 0.6) is 0 Å². The molecule has 0 unspecified atom stereocenters. The molecule has 1 aliphatic carbocycles. The van der Waals surface area contributed by atoms with Gasteiger partial charge in [0.15, 0.2) is 0 Å². The number of amides is 2. The third-order valence-electron chi connectivity index (χ3n) is 6.71. The van der Waals surface area contributed by atoms with Crippen molar-refractivity contribution >= 4 is 28.7 Å². The number of benzene rings is 2. The Labute approximate surface area is 200 Å². The number of anilines is 1. The van der Waals surface area contributed by atoms with Crippen LogP contribution in [0.2, 0.25) is 0 Å². The molecule has 1 aromatic heterocycles. The van der Waals surface area contributed by atoms with Crippen molar-refractivity contribution < 1.29 is 14.3 Å². The molecule has 0 saturated heterocycles. The topological polar surface area (TPSA) is 85.2 Å². The average molecular weight is 463 g/mol. The van der Waals surface area contributed by atoms with E-state index < -0.39 is 5.54 Å². The minimum Gasteiger partial charge on any atom is -0.466 e. The molecule has 0 atom stereocenters. The van der Waals surface area contributed by atoms with Gasteiger partial charge in [-0.3, -0.25) is 4.79 Å². The number of nitrogens with zero attached hydrogens (tertiary/aromatic N) is 2. The van der Waals surface area contributed by atoms with Gasteiger partial charge in [-0.1, -0.05) is 43.5 Å². The third-order valence-corrected chi connectivity index (χ3v) is 6.71.